The molecule has 0 saturated carbocycles. The van der Waals surface area contributed by atoms with Gasteiger partial charge in [0.1, 0.15) is 0 Å². The molecule has 0 radical (unpaired) electrons. The maximum Gasteiger partial charge on any atom is 0.0739 e. The Morgan fingerprint density at radius 3 is 2.91 bits per heavy atom. The molecule has 0 spiro atoms. The van der Waals surface area contributed by atoms with E-state index in [2.05, 4.69) is 6.58 Å². The van der Waals surface area contributed by atoms with E-state index in [1.165, 1.54) is 6.42 Å². The van der Waals surface area contributed by atoms with Crippen molar-refractivity contribution in [1.29, 1.82) is 0 Å². The smallest absolute Gasteiger partial charge is 0.0739 e. The quantitative estimate of drug-likeness (QED) is 0.320. The Morgan fingerprint density at radius 2 is 2.27 bits per heavy atom. The molecule has 66 valence electrons. The summed E-state index contributed by atoms with van der Waals surface area (Å²) in [4.78, 5) is 0. The highest BCUT2D eigenvalue weighted by atomic mass is 31.1. The summed E-state index contributed by atoms with van der Waals surface area (Å²) in [6, 6.07) is 0. The average Bonchev–Trinajstić information content (AvgIpc) is 2.03. The molecule has 0 aliphatic carbocycles. The normalized spacial score (nSPS) is 11.0. The molecule has 0 N–H and O–H groups in total. The molecule has 0 aromatic rings. The first-order valence-electron chi connectivity index (χ1n) is 3.86. The van der Waals surface area contributed by atoms with Gasteiger partial charge in [-0.2, -0.15) is 0 Å². The van der Waals surface area contributed by atoms with Gasteiger partial charge in [0.2, 0.25) is 0 Å². The summed E-state index contributed by atoms with van der Waals surface area (Å²) in [5.74, 6) is 0. The van der Waals surface area contributed by atoms with Crippen LogP contribution in [0.15, 0.2) is 12.7 Å². The average molecular weight is 176 g/mol. The zero-order valence-corrected chi connectivity index (χ0v) is 8.14. The second kappa shape index (κ2) is 10.1. The van der Waals surface area contributed by atoms with E-state index in [0.717, 1.165) is 19.2 Å². The molecule has 2 nitrogen and oxygen atoms in total. The van der Waals surface area contributed by atoms with Crippen LogP contribution in [-0.2, 0) is 9.26 Å². The van der Waals surface area contributed by atoms with Gasteiger partial charge in [-0.1, -0.05) is 6.08 Å². The third-order valence-electron chi connectivity index (χ3n) is 1.18. The van der Waals surface area contributed by atoms with E-state index in [4.69, 9.17) is 9.26 Å². The summed E-state index contributed by atoms with van der Waals surface area (Å²) in [6.07, 6.45) is 5.38. The molecule has 0 heterocycles. The van der Waals surface area contributed by atoms with Crippen LogP contribution in [0.1, 0.15) is 12.8 Å². The lowest BCUT2D eigenvalue weighted by Gasteiger charge is -2.01. The molecule has 0 aliphatic heterocycles. The Balaban J connectivity index is 2.74. The van der Waals surface area contributed by atoms with E-state index in [1.54, 1.807) is 7.11 Å². The lowest BCUT2D eigenvalue weighted by atomic mass is 10.3. The van der Waals surface area contributed by atoms with Crippen LogP contribution in [0.2, 0.25) is 0 Å². The molecule has 0 rings (SSSR count). The van der Waals surface area contributed by atoms with Crippen molar-refractivity contribution in [3.63, 3.8) is 0 Å². The Labute approximate surface area is 70.8 Å². The SMILES string of the molecule is C=CCCCPOCCOC. The lowest BCUT2D eigenvalue weighted by molar-refractivity contribution is 0.155. The van der Waals surface area contributed by atoms with Gasteiger partial charge >= 0.3 is 0 Å². The second-order valence-corrected chi connectivity index (χ2v) is 3.24. The van der Waals surface area contributed by atoms with Crippen molar-refractivity contribution < 1.29 is 9.26 Å². The fourth-order valence-corrected chi connectivity index (χ4v) is 1.31. The van der Waals surface area contributed by atoms with Gasteiger partial charge in [-0.3, -0.25) is 0 Å². The third kappa shape index (κ3) is 10.1. The molecule has 3 heteroatoms. The summed E-state index contributed by atoms with van der Waals surface area (Å²) < 4.78 is 10.1. The predicted molar refractivity (Wildman–Crippen MR) is 50.4 cm³/mol. The first kappa shape index (κ1) is 11.1. The summed E-state index contributed by atoms with van der Waals surface area (Å²) in [7, 11) is 2.31. The third-order valence-corrected chi connectivity index (χ3v) is 2.14. The van der Waals surface area contributed by atoms with Crippen molar-refractivity contribution in [3.05, 3.63) is 12.7 Å². The number of allylic oxidation sites excluding steroid dienone is 1. The fraction of sp³-hybridized carbons (Fsp3) is 0.750. The molecule has 0 aromatic carbocycles. The largest absolute Gasteiger partial charge is 0.382 e. The van der Waals surface area contributed by atoms with E-state index in [9.17, 15) is 0 Å². The molecule has 0 fully saturated rings. The first-order valence-corrected chi connectivity index (χ1v) is 4.98. The van der Waals surface area contributed by atoms with E-state index >= 15 is 0 Å². The van der Waals surface area contributed by atoms with E-state index in [-0.39, 0.29) is 0 Å². The maximum atomic E-state index is 5.29. The van der Waals surface area contributed by atoms with Crippen LogP contribution < -0.4 is 0 Å². The number of ether oxygens (including phenoxy) is 1. The zero-order chi connectivity index (χ0) is 8.36. The zero-order valence-electron chi connectivity index (χ0n) is 7.14. The van der Waals surface area contributed by atoms with Crippen LogP contribution in [0.5, 0.6) is 0 Å². The minimum Gasteiger partial charge on any atom is -0.382 e. The Bertz CT molecular complexity index is 86.2. The van der Waals surface area contributed by atoms with Crippen molar-refractivity contribution in [2.75, 3.05) is 26.5 Å². The molecule has 11 heavy (non-hydrogen) atoms. The Hall–Kier alpha value is 0.0900. The number of hydrogen-bond donors (Lipinski definition) is 0. The van der Waals surface area contributed by atoms with Gasteiger partial charge in [-0.15, -0.1) is 6.58 Å². The van der Waals surface area contributed by atoms with Crippen molar-refractivity contribution >= 4 is 8.81 Å². The number of hydrogen-bond acceptors (Lipinski definition) is 2. The minimum absolute atomic E-state index is 0.624. The summed E-state index contributed by atoms with van der Waals surface area (Å²) in [6.45, 7) is 5.08. The second-order valence-electron chi connectivity index (χ2n) is 2.17. The highest BCUT2D eigenvalue weighted by Crippen LogP contribution is 2.13. The van der Waals surface area contributed by atoms with Crippen molar-refractivity contribution in [1.82, 2.24) is 0 Å². The van der Waals surface area contributed by atoms with E-state index < -0.39 is 0 Å². The molecule has 0 bridgehead atoms. The van der Waals surface area contributed by atoms with Crippen LogP contribution in [0.4, 0.5) is 0 Å². The van der Waals surface area contributed by atoms with Gasteiger partial charge in [0, 0.05) is 15.9 Å². The topological polar surface area (TPSA) is 18.5 Å². The van der Waals surface area contributed by atoms with Crippen molar-refractivity contribution in [2.45, 2.75) is 12.8 Å². The molecule has 0 aliphatic rings. The van der Waals surface area contributed by atoms with Gasteiger partial charge < -0.3 is 9.26 Å². The Kier molecular flexibility index (Phi) is 10.2. The molecular weight excluding hydrogens is 159 g/mol. The minimum atomic E-state index is 0.624. The highest BCUT2D eigenvalue weighted by molar-refractivity contribution is 7.32. The fourth-order valence-electron chi connectivity index (χ4n) is 0.588. The standard InChI is InChI=1S/C8H17O2P/c1-3-4-5-8-11-10-7-6-9-2/h3,11H,1,4-8H2,2H3. The van der Waals surface area contributed by atoms with E-state index in [1.807, 2.05) is 6.08 Å². The number of unbranched alkanes of at least 4 members (excludes halogenated alkanes) is 1. The van der Waals surface area contributed by atoms with Crippen LogP contribution in [0.3, 0.4) is 0 Å². The van der Waals surface area contributed by atoms with Crippen LogP contribution in [0.25, 0.3) is 0 Å². The number of methoxy groups -OCH3 is 1. The van der Waals surface area contributed by atoms with Crippen molar-refractivity contribution in [2.24, 2.45) is 0 Å². The van der Waals surface area contributed by atoms with Gasteiger partial charge in [0.15, 0.2) is 0 Å². The van der Waals surface area contributed by atoms with Gasteiger partial charge in [-0.25, -0.2) is 0 Å². The molecular formula is C8H17O2P. The first-order chi connectivity index (χ1) is 5.41. The summed E-state index contributed by atoms with van der Waals surface area (Å²) >= 11 is 0. The van der Waals surface area contributed by atoms with Gasteiger partial charge in [0.25, 0.3) is 0 Å². The monoisotopic (exact) mass is 176 g/mol. The maximum absolute atomic E-state index is 5.29. The molecule has 1 unspecified atom stereocenters. The summed E-state index contributed by atoms with van der Waals surface area (Å²) in [5.41, 5.74) is 0. The molecule has 0 saturated heterocycles. The highest BCUT2D eigenvalue weighted by Gasteiger charge is 1.87. The van der Waals surface area contributed by atoms with Crippen LogP contribution >= 0.6 is 8.81 Å². The number of rotatable bonds is 8. The molecule has 0 amide bonds. The Morgan fingerprint density at radius 1 is 1.45 bits per heavy atom. The predicted octanol–water partition coefficient (Wildman–Crippen LogP) is 2.21. The van der Waals surface area contributed by atoms with Crippen LogP contribution in [-0.4, -0.2) is 26.5 Å². The molecule has 1 atom stereocenters. The van der Waals surface area contributed by atoms with E-state index in [0.29, 0.717) is 15.4 Å². The van der Waals surface area contributed by atoms with Gasteiger partial charge in [-0.05, 0) is 19.0 Å². The molecule has 0 aromatic heterocycles. The summed E-state index contributed by atoms with van der Waals surface area (Å²) in [5, 5.41) is 0. The van der Waals surface area contributed by atoms with Crippen molar-refractivity contribution in [3.8, 4) is 0 Å². The lowest BCUT2D eigenvalue weighted by Crippen LogP contribution is -1.95. The van der Waals surface area contributed by atoms with Crippen LogP contribution in [0, 0.1) is 0 Å². The van der Waals surface area contributed by atoms with Gasteiger partial charge in [0.05, 0.1) is 13.2 Å².